The fraction of sp³-hybridized carbons (Fsp3) is 0.688. The molecule has 1 N–H and O–H groups in total. The Labute approximate surface area is 116 Å². The van der Waals surface area contributed by atoms with Gasteiger partial charge < -0.3 is 10.0 Å². The summed E-state index contributed by atoms with van der Waals surface area (Å²) >= 11 is 0. The largest absolute Gasteiger partial charge is 0.391 e. The predicted octanol–water partition coefficient (Wildman–Crippen LogP) is 2.64. The minimum absolute atomic E-state index is 0.0632. The number of aliphatic hydroxyl groups is 1. The standard InChI is InChI=1S/C16H26N2O/c1-18(2)16(9-5-3-4-6-10-16)15(19)12-14-8-7-11-17-13-14/h7-8,11,13,15,19H,3-6,9-10,12H2,1-2H3. The summed E-state index contributed by atoms with van der Waals surface area (Å²) in [5.41, 5.74) is 1.06. The summed E-state index contributed by atoms with van der Waals surface area (Å²) in [5.74, 6) is 0. The van der Waals surface area contributed by atoms with Crippen LogP contribution in [0.3, 0.4) is 0 Å². The van der Waals surface area contributed by atoms with Gasteiger partial charge in [-0.15, -0.1) is 0 Å². The number of rotatable bonds is 4. The SMILES string of the molecule is CN(C)C1(C(O)Cc2cccnc2)CCCCCC1. The van der Waals surface area contributed by atoms with Crippen molar-refractivity contribution in [2.45, 2.75) is 56.6 Å². The Bertz CT molecular complexity index is 370. The topological polar surface area (TPSA) is 36.4 Å². The number of likely N-dealkylation sites (N-methyl/N-ethyl adjacent to an activating group) is 1. The van der Waals surface area contributed by atoms with E-state index in [1.165, 1.54) is 25.7 Å². The smallest absolute Gasteiger partial charge is 0.0764 e. The van der Waals surface area contributed by atoms with E-state index >= 15 is 0 Å². The molecule has 0 spiro atoms. The predicted molar refractivity (Wildman–Crippen MR) is 78.1 cm³/mol. The third-order valence-corrected chi connectivity index (χ3v) is 4.63. The molecule has 1 unspecified atom stereocenters. The van der Waals surface area contributed by atoms with Crippen molar-refractivity contribution in [2.24, 2.45) is 0 Å². The van der Waals surface area contributed by atoms with Crippen LogP contribution in [0.1, 0.15) is 44.1 Å². The summed E-state index contributed by atoms with van der Waals surface area (Å²) in [6.45, 7) is 0. The van der Waals surface area contributed by atoms with E-state index in [-0.39, 0.29) is 11.6 Å². The molecule has 1 heterocycles. The van der Waals surface area contributed by atoms with Crippen LogP contribution in [-0.4, -0.2) is 40.7 Å². The van der Waals surface area contributed by atoms with Crippen LogP contribution < -0.4 is 0 Å². The van der Waals surface area contributed by atoms with Crippen LogP contribution in [0.5, 0.6) is 0 Å². The molecule has 0 aromatic carbocycles. The number of nitrogens with zero attached hydrogens (tertiary/aromatic N) is 2. The highest BCUT2D eigenvalue weighted by Gasteiger charge is 2.39. The Morgan fingerprint density at radius 1 is 1.26 bits per heavy atom. The molecule has 19 heavy (non-hydrogen) atoms. The van der Waals surface area contributed by atoms with Gasteiger partial charge in [-0.3, -0.25) is 4.98 Å². The second-order valence-corrected chi connectivity index (χ2v) is 5.99. The molecule has 0 bridgehead atoms. The van der Waals surface area contributed by atoms with Gasteiger partial charge in [0.25, 0.3) is 0 Å². The fourth-order valence-electron chi connectivity index (χ4n) is 3.35. The zero-order chi connectivity index (χ0) is 13.7. The van der Waals surface area contributed by atoms with Crippen molar-refractivity contribution in [3.63, 3.8) is 0 Å². The molecular weight excluding hydrogens is 236 g/mol. The van der Waals surface area contributed by atoms with E-state index < -0.39 is 0 Å². The van der Waals surface area contributed by atoms with E-state index in [1.54, 1.807) is 6.20 Å². The van der Waals surface area contributed by atoms with Crippen LogP contribution in [0, 0.1) is 0 Å². The number of aromatic nitrogens is 1. The monoisotopic (exact) mass is 262 g/mol. The number of pyridine rings is 1. The summed E-state index contributed by atoms with van der Waals surface area (Å²) in [5, 5.41) is 10.8. The lowest BCUT2D eigenvalue weighted by molar-refractivity contribution is -0.0174. The Balaban J connectivity index is 2.13. The quantitative estimate of drug-likeness (QED) is 0.847. The Morgan fingerprint density at radius 2 is 1.95 bits per heavy atom. The lowest BCUT2D eigenvalue weighted by Gasteiger charge is -2.43. The van der Waals surface area contributed by atoms with Gasteiger partial charge in [0.15, 0.2) is 0 Å². The van der Waals surface area contributed by atoms with Gasteiger partial charge in [0.2, 0.25) is 0 Å². The molecule has 2 rings (SSSR count). The van der Waals surface area contributed by atoms with Crippen molar-refractivity contribution >= 4 is 0 Å². The number of hydrogen-bond acceptors (Lipinski definition) is 3. The van der Waals surface area contributed by atoms with Crippen LogP contribution in [0.2, 0.25) is 0 Å². The van der Waals surface area contributed by atoms with Crippen LogP contribution >= 0.6 is 0 Å². The van der Waals surface area contributed by atoms with Gasteiger partial charge in [0.1, 0.15) is 0 Å². The van der Waals surface area contributed by atoms with Gasteiger partial charge >= 0.3 is 0 Å². The highest BCUT2D eigenvalue weighted by atomic mass is 16.3. The second-order valence-electron chi connectivity index (χ2n) is 5.99. The van der Waals surface area contributed by atoms with Crippen molar-refractivity contribution < 1.29 is 5.11 Å². The third-order valence-electron chi connectivity index (χ3n) is 4.63. The average molecular weight is 262 g/mol. The molecule has 0 amide bonds. The van der Waals surface area contributed by atoms with E-state index in [1.807, 2.05) is 12.3 Å². The first kappa shape index (κ1) is 14.5. The highest BCUT2D eigenvalue weighted by molar-refractivity contribution is 5.12. The summed E-state index contributed by atoms with van der Waals surface area (Å²) in [4.78, 5) is 6.39. The minimum atomic E-state index is -0.315. The number of aliphatic hydroxyl groups excluding tert-OH is 1. The number of hydrogen-bond donors (Lipinski definition) is 1. The maximum Gasteiger partial charge on any atom is 0.0764 e. The van der Waals surface area contributed by atoms with Crippen LogP contribution in [0.4, 0.5) is 0 Å². The van der Waals surface area contributed by atoms with Crippen molar-refractivity contribution in [2.75, 3.05) is 14.1 Å². The van der Waals surface area contributed by atoms with Crippen LogP contribution in [0.15, 0.2) is 24.5 Å². The highest BCUT2D eigenvalue weighted by Crippen LogP contribution is 2.35. The average Bonchev–Trinajstić information content (AvgIpc) is 2.66. The molecular formula is C16H26N2O. The summed E-state index contributed by atoms with van der Waals surface area (Å²) in [6, 6.07) is 3.99. The van der Waals surface area contributed by atoms with Crippen molar-refractivity contribution in [3.05, 3.63) is 30.1 Å². The van der Waals surface area contributed by atoms with Crippen LogP contribution in [0.25, 0.3) is 0 Å². The molecule has 3 nitrogen and oxygen atoms in total. The van der Waals surface area contributed by atoms with Gasteiger partial charge in [-0.1, -0.05) is 31.7 Å². The first-order valence-corrected chi connectivity index (χ1v) is 7.39. The molecule has 1 aromatic heterocycles. The second kappa shape index (κ2) is 6.49. The maximum atomic E-state index is 10.8. The van der Waals surface area contributed by atoms with Gasteiger partial charge in [0, 0.05) is 24.4 Å². The molecule has 0 saturated heterocycles. The molecule has 1 aliphatic rings. The van der Waals surface area contributed by atoms with Gasteiger partial charge in [-0.2, -0.15) is 0 Å². The normalized spacial score (nSPS) is 21.1. The molecule has 106 valence electrons. The molecule has 1 fully saturated rings. The Kier molecular flexibility index (Phi) is 4.94. The van der Waals surface area contributed by atoms with E-state index in [9.17, 15) is 5.11 Å². The Hall–Kier alpha value is -0.930. The van der Waals surface area contributed by atoms with Crippen molar-refractivity contribution in [1.82, 2.24) is 9.88 Å². The maximum absolute atomic E-state index is 10.8. The fourth-order valence-corrected chi connectivity index (χ4v) is 3.35. The van der Waals surface area contributed by atoms with Gasteiger partial charge in [-0.05, 0) is 38.6 Å². The van der Waals surface area contributed by atoms with Gasteiger partial charge in [-0.25, -0.2) is 0 Å². The van der Waals surface area contributed by atoms with E-state index in [4.69, 9.17) is 0 Å². The summed E-state index contributed by atoms with van der Waals surface area (Å²) in [7, 11) is 4.22. The van der Waals surface area contributed by atoms with E-state index in [0.717, 1.165) is 18.4 Å². The zero-order valence-electron chi connectivity index (χ0n) is 12.2. The zero-order valence-corrected chi connectivity index (χ0v) is 12.2. The summed E-state index contributed by atoms with van der Waals surface area (Å²) in [6.07, 6.45) is 11.3. The van der Waals surface area contributed by atoms with Gasteiger partial charge in [0.05, 0.1) is 6.10 Å². The van der Waals surface area contributed by atoms with Crippen molar-refractivity contribution in [3.8, 4) is 0 Å². The van der Waals surface area contributed by atoms with Crippen LogP contribution in [-0.2, 0) is 6.42 Å². The lowest BCUT2D eigenvalue weighted by atomic mass is 9.80. The molecule has 1 saturated carbocycles. The van der Waals surface area contributed by atoms with Crippen molar-refractivity contribution in [1.29, 1.82) is 0 Å². The Morgan fingerprint density at radius 3 is 2.47 bits per heavy atom. The summed E-state index contributed by atoms with van der Waals surface area (Å²) < 4.78 is 0. The molecule has 1 aromatic rings. The molecule has 3 heteroatoms. The molecule has 0 radical (unpaired) electrons. The first-order valence-electron chi connectivity index (χ1n) is 7.39. The van der Waals surface area contributed by atoms with E-state index in [0.29, 0.717) is 6.42 Å². The molecule has 0 aliphatic heterocycles. The van der Waals surface area contributed by atoms with E-state index in [2.05, 4.69) is 30.0 Å². The minimum Gasteiger partial charge on any atom is -0.391 e. The molecule has 1 aliphatic carbocycles. The molecule has 1 atom stereocenters. The lowest BCUT2D eigenvalue weighted by Crippen LogP contribution is -2.54. The first-order chi connectivity index (χ1) is 9.15. The third kappa shape index (κ3) is 3.34.